The molecule has 0 amide bonds. The number of halogens is 1. The average molecular weight is 461 g/mol. The maximum atomic E-state index is 14.5. The number of benzene rings is 1. The predicted octanol–water partition coefficient (Wildman–Crippen LogP) is 3.98. The number of carbonyl (C=O) groups is 1. The molecule has 3 aliphatic heterocycles. The highest BCUT2D eigenvalue weighted by Gasteiger charge is 2.33. The molecule has 0 unspecified atom stereocenters. The summed E-state index contributed by atoms with van der Waals surface area (Å²) in [6.45, 7) is 2.63. The number of hydrazone groups is 1. The van der Waals surface area contributed by atoms with Crippen LogP contribution in [0.25, 0.3) is 11.6 Å². The summed E-state index contributed by atoms with van der Waals surface area (Å²) in [5.41, 5.74) is 11.4. The summed E-state index contributed by atoms with van der Waals surface area (Å²) in [5, 5.41) is 14.0. The number of rotatable bonds is 3. The van der Waals surface area contributed by atoms with Gasteiger partial charge in [0.15, 0.2) is 0 Å². The molecule has 1 aromatic carbocycles. The van der Waals surface area contributed by atoms with Crippen molar-refractivity contribution in [2.75, 3.05) is 26.7 Å². The molecule has 0 saturated heterocycles. The van der Waals surface area contributed by atoms with E-state index in [1.165, 1.54) is 11.1 Å². The molecule has 1 fully saturated rings. The van der Waals surface area contributed by atoms with Crippen LogP contribution in [0.15, 0.2) is 52.4 Å². The number of carboxylic acids is 1. The van der Waals surface area contributed by atoms with Gasteiger partial charge in [0.05, 0.1) is 17.3 Å². The first-order valence-corrected chi connectivity index (χ1v) is 12.2. The van der Waals surface area contributed by atoms with Crippen molar-refractivity contribution in [3.63, 3.8) is 0 Å². The summed E-state index contributed by atoms with van der Waals surface area (Å²) in [4.78, 5) is 16.0. The predicted molar refractivity (Wildman–Crippen MR) is 130 cm³/mol. The van der Waals surface area contributed by atoms with Gasteiger partial charge in [-0.3, -0.25) is 15.1 Å². The van der Waals surface area contributed by atoms with Crippen LogP contribution in [0.2, 0.25) is 0 Å². The van der Waals surface area contributed by atoms with Crippen LogP contribution in [0.1, 0.15) is 48.8 Å². The molecule has 0 radical (unpaired) electrons. The van der Waals surface area contributed by atoms with E-state index >= 15 is 0 Å². The van der Waals surface area contributed by atoms with E-state index in [-0.39, 0.29) is 11.7 Å². The van der Waals surface area contributed by atoms with Crippen molar-refractivity contribution in [1.82, 2.24) is 15.2 Å². The largest absolute Gasteiger partial charge is 0.481 e. The SMILES string of the molecule is CN1C=C2C(=C(C3=CCN([C@H]4CC[C@H](C(=O)O)CC4)CC3)C1)NN=C1C=Cc3cc(F)cc2c31. The standard InChI is InChI=1S/C27H29FN4O2/c1-31-14-22(16-8-10-32(11-9-16)20-5-2-17(3-6-20)27(33)34)26-23(15-31)21-13-19(28)12-18-4-7-24(25(18)21)29-30-26/h4,7-8,12-13,15,17,20,30H,2-3,5-6,9-11,14H2,1H3,(H,33,34)/t17-,20-. The minimum absolute atomic E-state index is 0.177. The number of nitrogens with zero attached hydrogens (tertiary/aromatic N) is 3. The van der Waals surface area contributed by atoms with Gasteiger partial charge in [0.2, 0.25) is 0 Å². The van der Waals surface area contributed by atoms with Gasteiger partial charge in [-0.15, -0.1) is 0 Å². The number of allylic oxidation sites excluding steroid dienone is 2. The maximum absolute atomic E-state index is 14.5. The number of hydrogen-bond acceptors (Lipinski definition) is 5. The van der Waals surface area contributed by atoms with Crippen LogP contribution in [0.5, 0.6) is 0 Å². The highest BCUT2D eigenvalue weighted by Crippen LogP contribution is 2.40. The van der Waals surface area contributed by atoms with Crippen molar-refractivity contribution in [3.05, 3.63) is 69.8 Å². The molecule has 1 aromatic rings. The Hall–Kier alpha value is -3.19. The van der Waals surface area contributed by atoms with Crippen molar-refractivity contribution in [1.29, 1.82) is 0 Å². The smallest absolute Gasteiger partial charge is 0.306 e. The Morgan fingerprint density at radius 1 is 1.21 bits per heavy atom. The molecule has 0 aromatic heterocycles. The first kappa shape index (κ1) is 21.4. The van der Waals surface area contributed by atoms with Crippen LogP contribution in [0.4, 0.5) is 4.39 Å². The second-order valence-corrected chi connectivity index (χ2v) is 9.99. The van der Waals surface area contributed by atoms with Gasteiger partial charge in [0.25, 0.3) is 0 Å². The maximum Gasteiger partial charge on any atom is 0.306 e. The van der Waals surface area contributed by atoms with Crippen LogP contribution in [0, 0.1) is 11.7 Å². The fraction of sp³-hybridized carbons (Fsp3) is 0.407. The van der Waals surface area contributed by atoms with Crippen LogP contribution >= 0.6 is 0 Å². The first-order valence-electron chi connectivity index (χ1n) is 12.2. The third kappa shape index (κ3) is 3.59. The fourth-order valence-corrected chi connectivity index (χ4v) is 6.11. The van der Waals surface area contributed by atoms with Gasteiger partial charge in [-0.1, -0.05) is 12.2 Å². The normalized spacial score (nSPS) is 26.2. The Labute approximate surface area is 198 Å². The summed E-state index contributed by atoms with van der Waals surface area (Å²) in [6, 6.07) is 3.67. The van der Waals surface area contributed by atoms with Gasteiger partial charge in [0, 0.05) is 55.6 Å². The summed E-state index contributed by atoms with van der Waals surface area (Å²) < 4.78 is 14.5. The van der Waals surface area contributed by atoms with E-state index in [1.807, 2.05) is 12.2 Å². The molecular weight excluding hydrogens is 431 g/mol. The quantitative estimate of drug-likeness (QED) is 0.714. The molecule has 7 heteroatoms. The molecule has 0 spiro atoms. The number of nitrogens with one attached hydrogen (secondary N) is 1. The minimum atomic E-state index is -0.650. The molecule has 3 heterocycles. The zero-order valence-corrected chi connectivity index (χ0v) is 19.4. The average Bonchev–Trinajstić information content (AvgIpc) is 3.17. The lowest BCUT2D eigenvalue weighted by molar-refractivity contribution is -0.143. The molecule has 6 rings (SSSR count). The molecule has 34 heavy (non-hydrogen) atoms. The zero-order chi connectivity index (χ0) is 23.4. The Morgan fingerprint density at radius 2 is 2.03 bits per heavy atom. The van der Waals surface area contributed by atoms with Gasteiger partial charge in [0.1, 0.15) is 5.82 Å². The lowest BCUT2D eigenvalue weighted by atomic mass is 9.84. The second-order valence-electron chi connectivity index (χ2n) is 9.99. The van der Waals surface area contributed by atoms with Crippen molar-refractivity contribution in [3.8, 4) is 0 Å². The van der Waals surface area contributed by atoms with E-state index < -0.39 is 5.97 Å². The van der Waals surface area contributed by atoms with E-state index in [2.05, 4.69) is 39.7 Å². The molecule has 176 valence electrons. The molecule has 0 bridgehead atoms. The molecule has 5 aliphatic rings. The lowest BCUT2D eigenvalue weighted by Gasteiger charge is -2.38. The second kappa shape index (κ2) is 8.24. The van der Waals surface area contributed by atoms with E-state index in [9.17, 15) is 14.3 Å². The van der Waals surface area contributed by atoms with Gasteiger partial charge >= 0.3 is 5.97 Å². The molecule has 2 aliphatic carbocycles. The monoisotopic (exact) mass is 460 g/mol. The summed E-state index contributed by atoms with van der Waals surface area (Å²) in [7, 11) is 2.06. The minimum Gasteiger partial charge on any atom is -0.481 e. The van der Waals surface area contributed by atoms with Gasteiger partial charge in [-0.25, -0.2) is 4.39 Å². The van der Waals surface area contributed by atoms with Crippen LogP contribution < -0.4 is 5.43 Å². The Kier molecular flexibility index (Phi) is 5.17. The number of fused-ring (bicyclic) bond motifs is 2. The highest BCUT2D eigenvalue weighted by molar-refractivity contribution is 6.20. The van der Waals surface area contributed by atoms with Crippen LogP contribution in [0.3, 0.4) is 0 Å². The molecule has 1 saturated carbocycles. The zero-order valence-electron chi connectivity index (χ0n) is 19.4. The number of carboxylic acid groups (broad SMARTS) is 1. The van der Waals surface area contributed by atoms with Crippen LogP contribution in [-0.4, -0.2) is 59.3 Å². The summed E-state index contributed by atoms with van der Waals surface area (Å²) >= 11 is 0. The van der Waals surface area contributed by atoms with Gasteiger partial charge < -0.3 is 10.0 Å². The van der Waals surface area contributed by atoms with E-state index in [1.54, 1.807) is 12.1 Å². The third-order valence-corrected chi connectivity index (χ3v) is 7.91. The fourth-order valence-electron chi connectivity index (χ4n) is 6.11. The molecule has 0 atom stereocenters. The van der Waals surface area contributed by atoms with Crippen LogP contribution in [-0.2, 0) is 4.79 Å². The Bertz CT molecular complexity index is 1220. The summed E-state index contributed by atoms with van der Waals surface area (Å²) in [5.74, 6) is -1.06. The van der Waals surface area contributed by atoms with E-state index in [0.717, 1.165) is 85.4 Å². The third-order valence-electron chi connectivity index (χ3n) is 7.91. The van der Waals surface area contributed by atoms with Crippen molar-refractivity contribution >= 4 is 23.3 Å². The molecule has 2 N–H and O–H groups in total. The van der Waals surface area contributed by atoms with Crippen molar-refractivity contribution < 1.29 is 14.3 Å². The Balaban J connectivity index is 1.29. The number of hydrogen-bond donors (Lipinski definition) is 2. The van der Waals surface area contributed by atoms with E-state index in [0.29, 0.717) is 6.04 Å². The summed E-state index contributed by atoms with van der Waals surface area (Å²) in [6.07, 6.45) is 12.7. The van der Waals surface area contributed by atoms with Crippen molar-refractivity contribution in [2.24, 2.45) is 11.0 Å². The molecule has 6 nitrogen and oxygen atoms in total. The number of aliphatic carboxylic acids is 1. The van der Waals surface area contributed by atoms with E-state index in [4.69, 9.17) is 0 Å². The topological polar surface area (TPSA) is 68.2 Å². The Morgan fingerprint density at radius 3 is 2.76 bits per heavy atom. The molecular formula is C27H29FN4O2. The number of likely N-dealkylation sites (N-methyl/N-ethyl adjacent to an activating group) is 1. The van der Waals surface area contributed by atoms with Gasteiger partial charge in [-0.05, 0) is 67.0 Å². The first-order chi connectivity index (χ1) is 16.5. The highest BCUT2D eigenvalue weighted by atomic mass is 19.1. The van der Waals surface area contributed by atoms with Crippen molar-refractivity contribution in [2.45, 2.75) is 38.1 Å². The lowest BCUT2D eigenvalue weighted by Crippen LogP contribution is -2.42. The van der Waals surface area contributed by atoms with Gasteiger partial charge in [-0.2, -0.15) is 5.10 Å².